The van der Waals surface area contributed by atoms with Crippen LogP contribution < -0.4 is 5.32 Å². The van der Waals surface area contributed by atoms with Crippen molar-refractivity contribution in [3.8, 4) is 0 Å². The minimum absolute atomic E-state index is 0. The Hall–Kier alpha value is -0.910. The number of carbonyl (C=O) groups excluding carboxylic acids is 1. The van der Waals surface area contributed by atoms with Gasteiger partial charge in [0.25, 0.3) is 5.91 Å². The molecule has 1 aliphatic rings. The summed E-state index contributed by atoms with van der Waals surface area (Å²) in [4.78, 5) is 22.9. The first-order valence-corrected chi connectivity index (χ1v) is 7.39. The van der Waals surface area contributed by atoms with Crippen LogP contribution in [0.15, 0.2) is 6.20 Å². The molecule has 5 nitrogen and oxygen atoms in total. The van der Waals surface area contributed by atoms with E-state index in [9.17, 15) is 4.79 Å². The molecule has 1 unspecified atom stereocenters. The summed E-state index contributed by atoms with van der Waals surface area (Å²) in [5.74, 6) is 0.726. The normalized spacial score (nSPS) is 18.5. The fourth-order valence-corrected chi connectivity index (χ4v) is 2.53. The van der Waals surface area contributed by atoms with Crippen molar-refractivity contribution in [2.24, 2.45) is 0 Å². The topological polar surface area (TPSA) is 58.1 Å². The lowest BCUT2D eigenvalue weighted by Gasteiger charge is -2.32. The minimum atomic E-state index is -0.0979. The number of hydrogen-bond donors (Lipinski definition) is 1. The first-order valence-electron chi connectivity index (χ1n) is 7.02. The number of rotatable bonds is 3. The molecule has 0 radical (unpaired) electrons. The van der Waals surface area contributed by atoms with Gasteiger partial charge < -0.3 is 10.2 Å². The van der Waals surface area contributed by atoms with Crippen LogP contribution in [-0.4, -0.2) is 47.0 Å². The molecule has 1 saturated heterocycles. The van der Waals surface area contributed by atoms with E-state index >= 15 is 0 Å². The zero-order valence-electron chi connectivity index (χ0n) is 12.6. The number of carbonyl (C=O) groups is 1. The smallest absolute Gasteiger partial charge is 0.274 e. The van der Waals surface area contributed by atoms with Gasteiger partial charge in [-0.2, -0.15) is 0 Å². The van der Waals surface area contributed by atoms with E-state index < -0.39 is 0 Å². The van der Waals surface area contributed by atoms with Gasteiger partial charge in [-0.1, -0.05) is 25.4 Å². The van der Waals surface area contributed by atoms with E-state index in [0.717, 1.165) is 19.4 Å². The molecule has 1 fully saturated rings. The first kappa shape index (κ1) is 18.1. The Bertz CT molecular complexity index is 496. The number of nitrogens with one attached hydrogen (secondary N) is 1. The van der Waals surface area contributed by atoms with E-state index in [1.165, 1.54) is 6.20 Å². The molecule has 2 heterocycles. The Morgan fingerprint density at radius 3 is 2.86 bits per heavy atom. The molecule has 118 valence electrons. The highest BCUT2D eigenvalue weighted by Gasteiger charge is 2.26. The molecule has 0 aromatic carbocycles. The number of aromatic nitrogens is 2. The largest absolute Gasteiger partial charge is 0.336 e. The highest BCUT2D eigenvalue weighted by Crippen LogP contribution is 2.20. The summed E-state index contributed by atoms with van der Waals surface area (Å²) in [5.41, 5.74) is 0.321. The Kier molecular flexibility index (Phi) is 6.84. The maximum Gasteiger partial charge on any atom is 0.274 e. The lowest BCUT2D eigenvalue weighted by Crippen LogP contribution is -2.47. The van der Waals surface area contributed by atoms with Crippen molar-refractivity contribution in [3.63, 3.8) is 0 Å². The summed E-state index contributed by atoms with van der Waals surface area (Å²) in [7, 11) is 1.92. The Labute approximate surface area is 136 Å². The fourth-order valence-electron chi connectivity index (χ4n) is 2.36. The molecule has 7 heteroatoms. The SMILES string of the molecule is CNC1CCCN(C(=O)c2nc(C(C)C)ncc2Cl)C1.Cl. The van der Waals surface area contributed by atoms with Crippen LogP contribution in [0.1, 0.15) is 48.9 Å². The van der Waals surface area contributed by atoms with Gasteiger partial charge in [-0.3, -0.25) is 4.79 Å². The molecule has 0 saturated carbocycles. The molecule has 1 amide bonds. The third-order valence-electron chi connectivity index (χ3n) is 3.60. The van der Waals surface area contributed by atoms with E-state index in [1.807, 2.05) is 25.8 Å². The van der Waals surface area contributed by atoms with E-state index in [0.29, 0.717) is 29.1 Å². The van der Waals surface area contributed by atoms with E-state index in [1.54, 1.807) is 0 Å². The number of nitrogens with zero attached hydrogens (tertiary/aromatic N) is 3. The molecule has 2 rings (SSSR count). The van der Waals surface area contributed by atoms with Gasteiger partial charge in [-0.05, 0) is 19.9 Å². The number of halogens is 2. The molecule has 1 aliphatic heterocycles. The summed E-state index contributed by atoms with van der Waals surface area (Å²) in [6, 6.07) is 0.345. The molecule has 0 spiro atoms. The Morgan fingerprint density at radius 2 is 2.24 bits per heavy atom. The van der Waals surface area contributed by atoms with Crippen molar-refractivity contribution in [1.29, 1.82) is 0 Å². The van der Waals surface area contributed by atoms with Crippen molar-refractivity contribution in [2.45, 2.75) is 38.6 Å². The molecule has 1 N–H and O–H groups in total. The standard InChI is InChI=1S/C14H21ClN4O.ClH/c1-9(2)13-17-7-11(15)12(18-13)14(20)19-6-4-5-10(8-19)16-3;/h7,9-10,16H,4-6,8H2,1-3H3;1H. The number of likely N-dealkylation sites (N-methyl/N-ethyl adjacent to an activating group) is 1. The zero-order valence-corrected chi connectivity index (χ0v) is 14.2. The van der Waals surface area contributed by atoms with E-state index in [2.05, 4.69) is 15.3 Å². The maximum absolute atomic E-state index is 12.6. The third kappa shape index (κ3) is 4.28. The van der Waals surface area contributed by atoms with Crippen LogP contribution in [0.5, 0.6) is 0 Å². The van der Waals surface area contributed by atoms with Crippen LogP contribution in [0, 0.1) is 0 Å². The molecule has 0 aliphatic carbocycles. The molecule has 0 bridgehead atoms. The van der Waals surface area contributed by atoms with Crippen molar-refractivity contribution < 1.29 is 4.79 Å². The summed E-state index contributed by atoms with van der Waals surface area (Å²) >= 11 is 6.10. The van der Waals surface area contributed by atoms with Crippen LogP contribution in [0.25, 0.3) is 0 Å². The van der Waals surface area contributed by atoms with Gasteiger partial charge in [-0.15, -0.1) is 12.4 Å². The maximum atomic E-state index is 12.6. The van der Waals surface area contributed by atoms with Crippen molar-refractivity contribution in [2.75, 3.05) is 20.1 Å². The molecule has 1 aromatic heterocycles. The molecule has 21 heavy (non-hydrogen) atoms. The van der Waals surface area contributed by atoms with Crippen LogP contribution in [-0.2, 0) is 0 Å². The van der Waals surface area contributed by atoms with E-state index in [4.69, 9.17) is 11.6 Å². The number of amides is 1. The summed E-state index contributed by atoms with van der Waals surface area (Å²) in [6.45, 7) is 5.45. The van der Waals surface area contributed by atoms with Crippen molar-refractivity contribution >= 4 is 29.9 Å². The van der Waals surface area contributed by atoms with Gasteiger partial charge in [0.2, 0.25) is 0 Å². The van der Waals surface area contributed by atoms with Crippen LogP contribution >= 0.6 is 24.0 Å². The average molecular weight is 333 g/mol. The fraction of sp³-hybridized carbons (Fsp3) is 0.643. The summed E-state index contributed by atoms with van der Waals surface area (Å²) in [6.07, 6.45) is 3.61. The minimum Gasteiger partial charge on any atom is -0.336 e. The van der Waals surface area contributed by atoms with Gasteiger partial charge >= 0.3 is 0 Å². The van der Waals surface area contributed by atoms with Gasteiger partial charge in [0.05, 0.1) is 11.2 Å². The quantitative estimate of drug-likeness (QED) is 0.923. The highest BCUT2D eigenvalue weighted by atomic mass is 35.5. The number of piperidine rings is 1. The number of likely N-dealkylation sites (tertiary alicyclic amines) is 1. The van der Waals surface area contributed by atoms with Gasteiger partial charge in [0.1, 0.15) is 5.82 Å². The molecule has 1 aromatic rings. The second kappa shape index (κ2) is 7.92. The van der Waals surface area contributed by atoms with Crippen LogP contribution in [0.3, 0.4) is 0 Å². The first-order chi connectivity index (χ1) is 9.52. The molecular formula is C14H22Cl2N4O. The van der Waals surface area contributed by atoms with Gasteiger partial charge in [-0.25, -0.2) is 9.97 Å². The van der Waals surface area contributed by atoms with Crippen molar-refractivity contribution in [1.82, 2.24) is 20.2 Å². The highest BCUT2D eigenvalue weighted by molar-refractivity contribution is 6.33. The molecular weight excluding hydrogens is 311 g/mol. The third-order valence-corrected chi connectivity index (χ3v) is 3.88. The predicted molar refractivity (Wildman–Crippen MR) is 86.4 cm³/mol. The molecule has 1 atom stereocenters. The van der Waals surface area contributed by atoms with Gasteiger partial charge in [0.15, 0.2) is 5.69 Å². The van der Waals surface area contributed by atoms with Gasteiger partial charge in [0, 0.05) is 25.0 Å². The lowest BCUT2D eigenvalue weighted by molar-refractivity contribution is 0.0692. The van der Waals surface area contributed by atoms with E-state index in [-0.39, 0.29) is 24.2 Å². The van der Waals surface area contributed by atoms with Crippen molar-refractivity contribution in [3.05, 3.63) is 22.7 Å². The zero-order chi connectivity index (χ0) is 14.7. The number of hydrogen-bond acceptors (Lipinski definition) is 4. The second-order valence-electron chi connectivity index (χ2n) is 5.46. The average Bonchev–Trinajstić information content (AvgIpc) is 2.46. The predicted octanol–water partition coefficient (Wildman–Crippen LogP) is 2.50. The van der Waals surface area contributed by atoms with Crippen LogP contribution in [0.4, 0.5) is 0 Å². The second-order valence-corrected chi connectivity index (χ2v) is 5.87. The van der Waals surface area contributed by atoms with Crippen LogP contribution in [0.2, 0.25) is 5.02 Å². The Morgan fingerprint density at radius 1 is 1.52 bits per heavy atom. The monoisotopic (exact) mass is 332 g/mol. The lowest BCUT2D eigenvalue weighted by atomic mass is 10.1. The Balaban J connectivity index is 0.00000220. The summed E-state index contributed by atoms with van der Waals surface area (Å²) in [5, 5.41) is 3.55. The summed E-state index contributed by atoms with van der Waals surface area (Å²) < 4.78 is 0.